The van der Waals surface area contributed by atoms with Gasteiger partial charge in [0.2, 0.25) is 5.91 Å². The van der Waals surface area contributed by atoms with Gasteiger partial charge in [-0.05, 0) is 19.3 Å². The molecule has 0 radical (unpaired) electrons. The number of imide groups is 1. The van der Waals surface area contributed by atoms with Crippen molar-refractivity contribution in [3.63, 3.8) is 0 Å². The minimum Gasteiger partial charge on any atom is -0.447 e. The molecule has 2 bridgehead atoms. The van der Waals surface area contributed by atoms with E-state index in [4.69, 9.17) is 9.47 Å². The molecule has 0 aromatic rings. The highest BCUT2D eigenvalue weighted by molar-refractivity contribution is 5.98. The molecular weight excluding hydrogens is 288 g/mol. The molecule has 7 heteroatoms. The summed E-state index contributed by atoms with van der Waals surface area (Å²) in [6.07, 6.45) is 2.05. The van der Waals surface area contributed by atoms with Crippen LogP contribution >= 0.6 is 0 Å². The molecule has 3 amide bonds. The Morgan fingerprint density at radius 3 is 2.86 bits per heavy atom. The lowest BCUT2D eigenvalue weighted by Crippen LogP contribution is -2.58. The van der Waals surface area contributed by atoms with Crippen LogP contribution in [0.4, 0.5) is 4.79 Å². The van der Waals surface area contributed by atoms with Crippen molar-refractivity contribution in [1.29, 1.82) is 0 Å². The number of piperidine rings is 1. The lowest BCUT2D eigenvalue weighted by atomic mass is 9.76. The maximum atomic E-state index is 13.0. The second-order valence-electron chi connectivity index (χ2n) is 6.51. The van der Waals surface area contributed by atoms with Gasteiger partial charge >= 0.3 is 6.09 Å². The largest absolute Gasteiger partial charge is 0.447 e. The SMILES string of the molecule is CCC[C@@H]1[C@@H](C(=O)N2CCOC2=O)[C@@]23CCCN2C(=O)[C@@H]1O3. The highest BCUT2D eigenvalue weighted by Gasteiger charge is 2.71. The predicted octanol–water partition coefficient (Wildman–Crippen LogP) is 0.729. The molecule has 120 valence electrons. The minimum absolute atomic E-state index is 0.0176. The summed E-state index contributed by atoms with van der Waals surface area (Å²) in [6, 6.07) is 0. The van der Waals surface area contributed by atoms with Crippen LogP contribution in [0.25, 0.3) is 0 Å². The van der Waals surface area contributed by atoms with Gasteiger partial charge in [-0.2, -0.15) is 0 Å². The molecule has 0 aromatic carbocycles. The minimum atomic E-state index is -0.818. The molecule has 4 aliphatic rings. The molecule has 0 aliphatic carbocycles. The summed E-state index contributed by atoms with van der Waals surface area (Å²) in [6.45, 7) is 3.21. The number of ether oxygens (including phenoxy) is 2. The van der Waals surface area contributed by atoms with Crippen molar-refractivity contribution in [1.82, 2.24) is 9.80 Å². The zero-order valence-corrected chi connectivity index (χ0v) is 12.6. The number of fused-ring (bicyclic) bond motifs is 1. The lowest BCUT2D eigenvalue weighted by molar-refractivity contribution is -0.151. The monoisotopic (exact) mass is 308 g/mol. The van der Waals surface area contributed by atoms with E-state index in [1.54, 1.807) is 4.90 Å². The molecular formula is C15H20N2O5. The Morgan fingerprint density at radius 2 is 2.18 bits per heavy atom. The molecule has 0 N–H and O–H groups in total. The summed E-state index contributed by atoms with van der Waals surface area (Å²) in [5.41, 5.74) is -0.818. The summed E-state index contributed by atoms with van der Waals surface area (Å²) in [4.78, 5) is 40.1. The van der Waals surface area contributed by atoms with Gasteiger partial charge in [-0.1, -0.05) is 13.3 Å². The van der Waals surface area contributed by atoms with Gasteiger partial charge < -0.3 is 14.4 Å². The van der Waals surface area contributed by atoms with Crippen LogP contribution in [0.5, 0.6) is 0 Å². The van der Waals surface area contributed by atoms with Gasteiger partial charge in [-0.3, -0.25) is 9.59 Å². The standard InChI is InChI=1S/C15H20N2O5/c1-2-4-9-10(12(18)16-7-8-21-14(16)20)15-5-3-6-17(15)13(19)11(9)22-15/h9-11H,2-8H2,1H3/t9-,10+,11-,15+/m1/s1. The Hall–Kier alpha value is -1.63. The smallest absolute Gasteiger partial charge is 0.416 e. The van der Waals surface area contributed by atoms with Gasteiger partial charge in [0.05, 0.1) is 12.5 Å². The number of amides is 3. The van der Waals surface area contributed by atoms with Crippen LogP contribution in [-0.2, 0) is 19.1 Å². The number of carbonyl (C=O) groups excluding carboxylic acids is 3. The van der Waals surface area contributed by atoms with Crippen molar-refractivity contribution >= 4 is 17.9 Å². The first-order chi connectivity index (χ1) is 10.6. The van der Waals surface area contributed by atoms with Crippen LogP contribution < -0.4 is 0 Å². The van der Waals surface area contributed by atoms with Gasteiger partial charge in [0, 0.05) is 12.5 Å². The lowest BCUT2D eigenvalue weighted by Gasteiger charge is -2.39. The van der Waals surface area contributed by atoms with Crippen molar-refractivity contribution in [3.8, 4) is 0 Å². The molecule has 0 aromatic heterocycles. The molecule has 4 saturated heterocycles. The molecule has 4 heterocycles. The summed E-state index contributed by atoms with van der Waals surface area (Å²) in [5.74, 6) is -0.789. The van der Waals surface area contributed by atoms with Crippen LogP contribution in [0.2, 0.25) is 0 Å². The third kappa shape index (κ3) is 1.57. The number of hydrogen-bond acceptors (Lipinski definition) is 5. The van der Waals surface area contributed by atoms with Crippen LogP contribution in [0.1, 0.15) is 32.6 Å². The molecule has 0 unspecified atom stereocenters. The number of hydrogen-bond donors (Lipinski definition) is 0. The number of nitrogens with zero attached hydrogens (tertiary/aromatic N) is 2. The van der Waals surface area contributed by atoms with E-state index in [2.05, 4.69) is 0 Å². The van der Waals surface area contributed by atoms with E-state index in [1.807, 2.05) is 6.92 Å². The van der Waals surface area contributed by atoms with E-state index < -0.39 is 23.8 Å². The van der Waals surface area contributed by atoms with Gasteiger partial charge in [0.1, 0.15) is 12.7 Å². The Kier molecular flexibility index (Phi) is 2.98. The molecule has 7 nitrogen and oxygen atoms in total. The van der Waals surface area contributed by atoms with Gasteiger partial charge in [0.15, 0.2) is 5.72 Å². The average Bonchev–Trinajstić information content (AvgIpc) is 3.20. The van der Waals surface area contributed by atoms with Gasteiger partial charge in [-0.25, -0.2) is 9.69 Å². The Balaban J connectivity index is 1.70. The molecule has 4 atom stereocenters. The van der Waals surface area contributed by atoms with Crippen LogP contribution in [0.3, 0.4) is 0 Å². The van der Waals surface area contributed by atoms with Crippen LogP contribution in [-0.4, -0.2) is 59.2 Å². The van der Waals surface area contributed by atoms with E-state index in [1.165, 1.54) is 4.90 Å². The third-order valence-electron chi connectivity index (χ3n) is 5.43. The third-order valence-corrected chi connectivity index (χ3v) is 5.43. The number of cyclic esters (lactones) is 1. The van der Waals surface area contributed by atoms with Crippen LogP contribution in [0, 0.1) is 11.8 Å². The van der Waals surface area contributed by atoms with Crippen molar-refractivity contribution < 1.29 is 23.9 Å². The van der Waals surface area contributed by atoms with E-state index in [9.17, 15) is 14.4 Å². The first-order valence-corrected chi connectivity index (χ1v) is 8.07. The van der Waals surface area contributed by atoms with E-state index in [-0.39, 0.29) is 24.3 Å². The summed E-state index contributed by atoms with van der Waals surface area (Å²) in [7, 11) is 0. The molecule has 4 aliphatic heterocycles. The fourth-order valence-corrected chi connectivity index (χ4v) is 4.62. The van der Waals surface area contributed by atoms with E-state index in [0.717, 1.165) is 19.3 Å². The highest BCUT2D eigenvalue weighted by Crippen LogP contribution is 2.56. The number of carbonyl (C=O) groups is 3. The van der Waals surface area contributed by atoms with Crippen molar-refractivity contribution in [3.05, 3.63) is 0 Å². The van der Waals surface area contributed by atoms with Gasteiger partial charge in [0.25, 0.3) is 5.91 Å². The van der Waals surface area contributed by atoms with E-state index >= 15 is 0 Å². The summed E-state index contributed by atoms with van der Waals surface area (Å²) in [5, 5.41) is 0. The Morgan fingerprint density at radius 1 is 1.36 bits per heavy atom. The topological polar surface area (TPSA) is 76.2 Å². The Bertz CT molecular complexity index is 550. The first-order valence-electron chi connectivity index (χ1n) is 8.07. The molecule has 4 fully saturated rings. The van der Waals surface area contributed by atoms with Crippen molar-refractivity contribution in [2.75, 3.05) is 19.7 Å². The predicted molar refractivity (Wildman–Crippen MR) is 73.5 cm³/mol. The molecule has 1 spiro atoms. The quantitative estimate of drug-likeness (QED) is 0.768. The highest BCUT2D eigenvalue weighted by atomic mass is 16.6. The van der Waals surface area contributed by atoms with Crippen molar-refractivity contribution in [2.24, 2.45) is 11.8 Å². The summed E-state index contributed by atoms with van der Waals surface area (Å²) >= 11 is 0. The second kappa shape index (κ2) is 4.68. The zero-order valence-electron chi connectivity index (χ0n) is 12.6. The van der Waals surface area contributed by atoms with Crippen molar-refractivity contribution in [2.45, 2.75) is 44.4 Å². The maximum Gasteiger partial charge on any atom is 0.416 e. The fourth-order valence-electron chi connectivity index (χ4n) is 4.62. The second-order valence-corrected chi connectivity index (χ2v) is 6.51. The number of rotatable bonds is 3. The normalized spacial score (nSPS) is 39.6. The fraction of sp³-hybridized carbons (Fsp3) is 0.800. The average molecular weight is 308 g/mol. The van der Waals surface area contributed by atoms with Crippen LogP contribution in [0.15, 0.2) is 0 Å². The van der Waals surface area contributed by atoms with E-state index in [0.29, 0.717) is 19.5 Å². The molecule has 22 heavy (non-hydrogen) atoms. The molecule has 0 saturated carbocycles. The first kappa shape index (κ1) is 14.0. The molecule has 4 rings (SSSR count). The maximum absolute atomic E-state index is 13.0. The Labute approximate surface area is 128 Å². The zero-order chi connectivity index (χ0) is 15.5. The summed E-state index contributed by atoms with van der Waals surface area (Å²) < 4.78 is 11.0. The van der Waals surface area contributed by atoms with Gasteiger partial charge in [-0.15, -0.1) is 0 Å².